The van der Waals surface area contributed by atoms with Gasteiger partial charge in [0.25, 0.3) is 21.0 Å². The van der Waals surface area contributed by atoms with E-state index in [1.807, 2.05) is 34.6 Å². The van der Waals surface area contributed by atoms with Crippen LogP contribution in [-0.4, -0.2) is 33.6 Å². The first-order valence-electron chi connectivity index (χ1n) is 13.1. The van der Waals surface area contributed by atoms with Gasteiger partial charge in [0.1, 0.15) is 5.75 Å². The molecule has 202 valence electrons. The number of halogens is 2. The van der Waals surface area contributed by atoms with Crippen LogP contribution >= 0.6 is 0 Å². The van der Waals surface area contributed by atoms with Crippen molar-refractivity contribution < 1.29 is 27.1 Å². The molecule has 6 radical (unpaired) electrons. The van der Waals surface area contributed by atoms with E-state index in [-0.39, 0.29) is 16.7 Å². The minimum Gasteiger partial charge on any atom is -0.494 e. The Morgan fingerprint density at radius 2 is 1.35 bits per heavy atom. The number of rotatable bonds is 16. The summed E-state index contributed by atoms with van der Waals surface area (Å²) >= 11 is 0. The molecule has 0 aliphatic heterocycles. The van der Waals surface area contributed by atoms with Crippen LogP contribution in [0.15, 0.2) is 36.4 Å². The van der Waals surface area contributed by atoms with Crippen molar-refractivity contribution in [3.8, 4) is 22.6 Å². The van der Waals surface area contributed by atoms with E-state index in [9.17, 15) is 0 Å². The van der Waals surface area contributed by atoms with Gasteiger partial charge in [-0.3, -0.25) is 0 Å². The predicted octanol–water partition coefficient (Wildman–Crippen LogP) is 8.07. The second-order valence-corrected chi connectivity index (χ2v) is 11.0. The van der Waals surface area contributed by atoms with Crippen LogP contribution in [0.4, 0.5) is 8.78 Å². The molecular formula is C29H40F2O4Si2. The molecule has 0 saturated carbocycles. The van der Waals surface area contributed by atoms with Crippen LogP contribution in [0, 0.1) is 22.5 Å². The summed E-state index contributed by atoms with van der Waals surface area (Å²) in [6.07, 6.45) is 7.89. The molecule has 0 spiro atoms. The maximum atomic E-state index is 15.2. The normalized spacial score (nSPS) is 12.6. The Labute approximate surface area is 228 Å². The molecule has 2 aromatic carbocycles. The van der Waals surface area contributed by atoms with E-state index >= 15 is 8.78 Å². The quantitative estimate of drug-likeness (QED) is 0.121. The Balaban J connectivity index is 2.17. The Morgan fingerprint density at radius 1 is 0.757 bits per heavy atom. The average Bonchev–Trinajstić information content (AvgIpc) is 2.89. The zero-order chi connectivity index (χ0) is 27.7. The highest BCUT2D eigenvalue weighted by Crippen LogP contribution is 2.51. The summed E-state index contributed by atoms with van der Waals surface area (Å²) in [5.41, 5.74) is -0.531. The van der Waals surface area contributed by atoms with Gasteiger partial charge in [-0.05, 0) is 41.7 Å². The van der Waals surface area contributed by atoms with Crippen LogP contribution in [0.1, 0.15) is 86.5 Å². The van der Waals surface area contributed by atoms with E-state index in [1.165, 1.54) is 37.8 Å². The molecule has 0 bridgehead atoms. The molecule has 0 unspecified atom stereocenters. The topological polar surface area (TPSA) is 36.9 Å². The lowest BCUT2D eigenvalue weighted by atomic mass is 9.64. The molecule has 0 saturated heterocycles. The van der Waals surface area contributed by atoms with Crippen LogP contribution in [0.25, 0.3) is 11.1 Å². The van der Waals surface area contributed by atoms with Crippen LogP contribution < -0.4 is 9.47 Å². The van der Waals surface area contributed by atoms with E-state index in [1.54, 1.807) is 24.3 Å². The fourth-order valence-electron chi connectivity index (χ4n) is 4.08. The van der Waals surface area contributed by atoms with E-state index in [4.69, 9.17) is 18.3 Å². The van der Waals surface area contributed by atoms with Gasteiger partial charge in [-0.2, -0.15) is 4.39 Å². The van der Waals surface area contributed by atoms with Crippen molar-refractivity contribution in [2.24, 2.45) is 10.8 Å². The van der Waals surface area contributed by atoms with Gasteiger partial charge in [0.15, 0.2) is 11.6 Å². The van der Waals surface area contributed by atoms with E-state index in [2.05, 4.69) is 27.9 Å². The van der Waals surface area contributed by atoms with Gasteiger partial charge in [-0.25, -0.2) is 4.39 Å². The highest BCUT2D eigenvalue weighted by molar-refractivity contribution is 6.00. The Hall–Kier alpha value is -1.75. The first-order valence-corrected chi connectivity index (χ1v) is 13.9. The zero-order valence-electron chi connectivity index (χ0n) is 23.0. The Kier molecular flexibility index (Phi) is 11.8. The zero-order valence-corrected chi connectivity index (χ0v) is 25.0. The third kappa shape index (κ3) is 7.22. The van der Waals surface area contributed by atoms with Gasteiger partial charge in [0.2, 0.25) is 5.82 Å². The fourth-order valence-corrected chi connectivity index (χ4v) is 4.84. The standard InChI is InChI=1S/C29H40F2O4Si2/c1-7-9-10-11-12-13-20-32-22-16-14-21(15-17-22)23-18-19-24(26(31)25(23)30)33-29(34-36,35-37)28(5,6)27(3,4)8-2/h14-19H,7-13,20H2,1-6H3. The highest BCUT2D eigenvalue weighted by Gasteiger charge is 2.56. The second kappa shape index (κ2) is 13.9. The summed E-state index contributed by atoms with van der Waals surface area (Å²) in [7, 11) is 6.07. The van der Waals surface area contributed by atoms with E-state index in [0.29, 0.717) is 17.9 Å². The summed E-state index contributed by atoms with van der Waals surface area (Å²) in [5.74, 6) is -3.60. The summed E-state index contributed by atoms with van der Waals surface area (Å²) in [6.45, 7) is 12.6. The van der Waals surface area contributed by atoms with Crippen molar-refractivity contribution in [1.29, 1.82) is 0 Å². The number of hydrogen-bond acceptors (Lipinski definition) is 4. The number of ether oxygens (including phenoxy) is 2. The van der Waals surface area contributed by atoms with Crippen LogP contribution in [-0.2, 0) is 8.85 Å². The van der Waals surface area contributed by atoms with Crippen molar-refractivity contribution in [3.05, 3.63) is 48.0 Å². The summed E-state index contributed by atoms with van der Waals surface area (Å²) in [4.78, 5) is 0. The minimum absolute atomic E-state index is 0.115. The first-order chi connectivity index (χ1) is 17.5. The number of unbranched alkanes of at least 4 members (excludes halogenated alkanes) is 5. The van der Waals surface area contributed by atoms with E-state index in [0.717, 1.165) is 19.3 Å². The molecule has 37 heavy (non-hydrogen) atoms. The molecule has 0 aliphatic rings. The minimum atomic E-state index is -1.80. The summed E-state index contributed by atoms with van der Waals surface area (Å²) in [5, 5.41) is 0. The van der Waals surface area contributed by atoms with Crippen molar-refractivity contribution in [3.63, 3.8) is 0 Å². The third-order valence-corrected chi connectivity index (χ3v) is 8.37. The molecule has 0 atom stereocenters. The molecule has 2 rings (SSSR count). The Morgan fingerprint density at radius 3 is 1.92 bits per heavy atom. The molecule has 2 aromatic rings. The van der Waals surface area contributed by atoms with Gasteiger partial charge in [-0.1, -0.05) is 92.2 Å². The Bertz CT molecular complexity index is 977. The van der Waals surface area contributed by atoms with Gasteiger partial charge >= 0.3 is 5.97 Å². The average molecular weight is 547 g/mol. The van der Waals surface area contributed by atoms with Gasteiger partial charge in [0, 0.05) is 5.56 Å². The number of hydrogen-bond donors (Lipinski definition) is 0. The second-order valence-electron chi connectivity index (χ2n) is 10.6. The van der Waals surface area contributed by atoms with Crippen molar-refractivity contribution in [2.45, 2.75) is 92.5 Å². The fraction of sp³-hybridized carbons (Fsp3) is 0.586. The predicted molar refractivity (Wildman–Crippen MR) is 146 cm³/mol. The van der Waals surface area contributed by atoms with Crippen LogP contribution in [0.3, 0.4) is 0 Å². The monoisotopic (exact) mass is 546 g/mol. The maximum Gasteiger partial charge on any atom is 0.313 e. The molecule has 0 aliphatic carbocycles. The molecule has 0 fully saturated rings. The smallest absolute Gasteiger partial charge is 0.313 e. The highest BCUT2D eigenvalue weighted by atomic mass is 28.2. The molecule has 0 amide bonds. The summed E-state index contributed by atoms with van der Waals surface area (Å²) in [6, 6.07) is 9.82. The summed E-state index contributed by atoms with van der Waals surface area (Å²) < 4.78 is 53.0. The van der Waals surface area contributed by atoms with Crippen LogP contribution in [0.2, 0.25) is 0 Å². The van der Waals surface area contributed by atoms with Crippen molar-refractivity contribution >= 4 is 21.0 Å². The molecule has 0 aromatic heterocycles. The van der Waals surface area contributed by atoms with Crippen molar-refractivity contribution in [2.75, 3.05) is 6.61 Å². The molecule has 0 heterocycles. The van der Waals surface area contributed by atoms with E-state index < -0.39 is 23.0 Å². The lowest BCUT2D eigenvalue weighted by molar-refractivity contribution is -0.336. The lowest BCUT2D eigenvalue weighted by Crippen LogP contribution is -2.59. The van der Waals surface area contributed by atoms with Gasteiger partial charge in [-0.15, -0.1) is 0 Å². The molecule has 8 heteroatoms. The number of benzene rings is 2. The lowest BCUT2D eigenvalue weighted by Gasteiger charge is -2.51. The van der Waals surface area contributed by atoms with Crippen LogP contribution in [0.5, 0.6) is 11.5 Å². The van der Waals surface area contributed by atoms with Crippen molar-refractivity contribution in [1.82, 2.24) is 0 Å². The van der Waals surface area contributed by atoms with Gasteiger partial charge in [0.05, 0.1) is 12.0 Å². The third-order valence-electron chi connectivity index (χ3n) is 7.83. The molecular weight excluding hydrogens is 506 g/mol. The van der Waals surface area contributed by atoms with Gasteiger partial charge < -0.3 is 18.3 Å². The molecule has 4 nitrogen and oxygen atoms in total. The first kappa shape index (κ1) is 31.5. The maximum absolute atomic E-state index is 15.2. The molecule has 0 N–H and O–H groups in total. The largest absolute Gasteiger partial charge is 0.494 e. The SMILES string of the molecule is CCCCCCCCOc1ccc(-c2ccc(OC(O[Si])(O[Si])C(C)(C)C(C)(C)CC)c(F)c2F)cc1.